The van der Waals surface area contributed by atoms with E-state index in [-0.39, 0.29) is 23.7 Å². The Labute approximate surface area is 124 Å². The average Bonchev–Trinajstić information content (AvgIpc) is 2.92. The molecular formula is C15H24N2O4. The van der Waals surface area contributed by atoms with Gasteiger partial charge in [0.1, 0.15) is 5.92 Å². The van der Waals surface area contributed by atoms with Crippen molar-refractivity contribution >= 4 is 17.8 Å². The fourth-order valence-corrected chi connectivity index (χ4v) is 3.64. The lowest BCUT2D eigenvalue weighted by atomic mass is 9.87. The van der Waals surface area contributed by atoms with E-state index >= 15 is 0 Å². The normalized spacial score (nSPS) is 22.2. The molecule has 1 aliphatic carbocycles. The molecule has 0 aromatic carbocycles. The zero-order valence-electron chi connectivity index (χ0n) is 12.3. The average molecular weight is 296 g/mol. The smallest absolute Gasteiger partial charge is 0.316 e. The second-order valence-corrected chi connectivity index (χ2v) is 6.30. The molecule has 2 fully saturated rings. The molecule has 0 spiro atoms. The third-order valence-electron chi connectivity index (χ3n) is 4.82. The van der Waals surface area contributed by atoms with Gasteiger partial charge in [-0.1, -0.05) is 12.8 Å². The number of primary amides is 1. The van der Waals surface area contributed by atoms with Gasteiger partial charge >= 0.3 is 5.97 Å². The van der Waals surface area contributed by atoms with E-state index in [1.807, 2.05) is 0 Å². The molecule has 1 saturated carbocycles. The molecule has 6 heteroatoms. The van der Waals surface area contributed by atoms with Gasteiger partial charge in [-0.3, -0.25) is 14.4 Å². The van der Waals surface area contributed by atoms with Gasteiger partial charge in [-0.25, -0.2) is 0 Å². The standard InChI is InChI=1S/C15H24N2O4/c16-12(18)9-10-5-7-17(8-6-10)14(19)13(15(20)21)11-3-1-2-4-11/h10-11,13H,1-9H2,(H2,16,18)(H,20,21). The molecule has 6 nitrogen and oxygen atoms in total. The van der Waals surface area contributed by atoms with Crippen LogP contribution >= 0.6 is 0 Å². The lowest BCUT2D eigenvalue weighted by Gasteiger charge is -2.34. The Bertz CT molecular complexity index is 410. The van der Waals surface area contributed by atoms with Gasteiger partial charge in [0.15, 0.2) is 0 Å². The zero-order valence-corrected chi connectivity index (χ0v) is 12.3. The predicted molar refractivity (Wildman–Crippen MR) is 76.2 cm³/mol. The Morgan fingerprint density at radius 1 is 1.10 bits per heavy atom. The maximum absolute atomic E-state index is 12.5. The van der Waals surface area contributed by atoms with Gasteiger partial charge in [-0.2, -0.15) is 0 Å². The van der Waals surface area contributed by atoms with E-state index in [9.17, 15) is 19.5 Å². The summed E-state index contributed by atoms with van der Waals surface area (Å²) in [6, 6.07) is 0. The number of hydrogen-bond acceptors (Lipinski definition) is 3. The largest absolute Gasteiger partial charge is 0.481 e. The van der Waals surface area contributed by atoms with Crippen LogP contribution in [0.4, 0.5) is 0 Å². The summed E-state index contributed by atoms with van der Waals surface area (Å²) in [4.78, 5) is 36.6. The number of nitrogens with zero attached hydrogens (tertiary/aromatic N) is 1. The van der Waals surface area contributed by atoms with Crippen molar-refractivity contribution in [3.05, 3.63) is 0 Å². The number of nitrogens with two attached hydrogens (primary N) is 1. The number of rotatable bonds is 5. The van der Waals surface area contributed by atoms with Crippen LogP contribution in [0.25, 0.3) is 0 Å². The summed E-state index contributed by atoms with van der Waals surface area (Å²) >= 11 is 0. The quantitative estimate of drug-likeness (QED) is 0.739. The molecule has 21 heavy (non-hydrogen) atoms. The first-order chi connectivity index (χ1) is 9.99. The van der Waals surface area contributed by atoms with Crippen LogP contribution in [-0.2, 0) is 14.4 Å². The molecule has 0 aromatic rings. The Hall–Kier alpha value is -1.59. The van der Waals surface area contributed by atoms with Crippen molar-refractivity contribution in [2.45, 2.75) is 44.9 Å². The summed E-state index contributed by atoms with van der Waals surface area (Å²) in [5.74, 6) is -2.23. The van der Waals surface area contributed by atoms with Crippen LogP contribution in [0.1, 0.15) is 44.9 Å². The van der Waals surface area contributed by atoms with Crippen molar-refractivity contribution in [3.63, 3.8) is 0 Å². The van der Waals surface area contributed by atoms with Gasteiger partial charge in [0.25, 0.3) is 0 Å². The monoisotopic (exact) mass is 296 g/mol. The Morgan fingerprint density at radius 2 is 1.67 bits per heavy atom. The number of carboxylic acid groups (broad SMARTS) is 1. The Kier molecular flexibility index (Phi) is 5.20. The maximum atomic E-state index is 12.5. The summed E-state index contributed by atoms with van der Waals surface area (Å²) in [6.07, 6.45) is 5.51. The third kappa shape index (κ3) is 3.95. The van der Waals surface area contributed by atoms with Crippen molar-refractivity contribution in [1.82, 2.24) is 4.90 Å². The number of aliphatic carboxylic acids is 1. The molecule has 2 rings (SSSR count). The predicted octanol–water partition coefficient (Wildman–Crippen LogP) is 0.991. The molecule has 1 atom stereocenters. The minimum Gasteiger partial charge on any atom is -0.481 e. The van der Waals surface area contributed by atoms with E-state index in [4.69, 9.17) is 5.73 Å². The fourth-order valence-electron chi connectivity index (χ4n) is 3.64. The SMILES string of the molecule is NC(=O)CC1CCN(C(=O)C(C(=O)O)C2CCCC2)CC1. The molecule has 1 saturated heterocycles. The lowest BCUT2D eigenvalue weighted by Crippen LogP contribution is -2.46. The molecule has 1 aliphatic heterocycles. The first-order valence-corrected chi connectivity index (χ1v) is 7.79. The Morgan fingerprint density at radius 3 is 2.14 bits per heavy atom. The molecule has 1 unspecified atom stereocenters. The first-order valence-electron chi connectivity index (χ1n) is 7.79. The highest BCUT2D eigenvalue weighted by atomic mass is 16.4. The second kappa shape index (κ2) is 6.91. The van der Waals surface area contributed by atoms with Crippen LogP contribution in [0.2, 0.25) is 0 Å². The van der Waals surface area contributed by atoms with E-state index in [2.05, 4.69) is 0 Å². The van der Waals surface area contributed by atoms with E-state index in [1.165, 1.54) is 0 Å². The third-order valence-corrected chi connectivity index (χ3v) is 4.82. The lowest BCUT2D eigenvalue weighted by molar-refractivity contribution is -0.154. The fraction of sp³-hybridized carbons (Fsp3) is 0.800. The highest BCUT2D eigenvalue weighted by molar-refractivity contribution is 5.97. The maximum Gasteiger partial charge on any atom is 0.316 e. The molecule has 1 heterocycles. The van der Waals surface area contributed by atoms with Crippen molar-refractivity contribution < 1.29 is 19.5 Å². The summed E-state index contributed by atoms with van der Waals surface area (Å²) in [7, 11) is 0. The van der Waals surface area contributed by atoms with Crippen LogP contribution in [-0.4, -0.2) is 40.9 Å². The first kappa shape index (κ1) is 15.8. The minimum atomic E-state index is -0.994. The molecule has 2 amide bonds. The number of carboxylic acids is 1. The van der Waals surface area contributed by atoms with Crippen molar-refractivity contribution in [1.29, 1.82) is 0 Å². The van der Waals surface area contributed by atoms with Crippen molar-refractivity contribution in [3.8, 4) is 0 Å². The number of carbonyl (C=O) groups is 3. The summed E-state index contributed by atoms with van der Waals surface area (Å²) in [5.41, 5.74) is 5.19. The number of likely N-dealkylation sites (tertiary alicyclic amines) is 1. The minimum absolute atomic E-state index is 0.0154. The molecule has 0 aromatic heterocycles. The molecule has 3 N–H and O–H groups in total. The van der Waals surface area contributed by atoms with E-state index in [0.717, 1.165) is 38.5 Å². The topological polar surface area (TPSA) is 101 Å². The molecule has 2 aliphatic rings. The Balaban J connectivity index is 1.93. The second-order valence-electron chi connectivity index (χ2n) is 6.30. The van der Waals surface area contributed by atoms with Gasteiger partial charge in [0, 0.05) is 19.5 Å². The molecule has 0 radical (unpaired) electrons. The van der Waals surface area contributed by atoms with Crippen LogP contribution < -0.4 is 5.73 Å². The highest BCUT2D eigenvalue weighted by Crippen LogP contribution is 2.33. The summed E-state index contributed by atoms with van der Waals surface area (Å²) in [6.45, 7) is 1.07. The van der Waals surface area contributed by atoms with Gasteiger partial charge < -0.3 is 15.7 Å². The number of piperidine rings is 1. The molecule has 0 bridgehead atoms. The zero-order chi connectivity index (χ0) is 15.4. The highest BCUT2D eigenvalue weighted by Gasteiger charge is 2.39. The number of hydrogen-bond donors (Lipinski definition) is 2. The van der Waals surface area contributed by atoms with Crippen LogP contribution in [0.15, 0.2) is 0 Å². The van der Waals surface area contributed by atoms with Gasteiger partial charge in [-0.05, 0) is 37.5 Å². The van der Waals surface area contributed by atoms with E-state index in [1.54, 1.807) is 4.90 Å². The molecule has 118 valence electrons. The summed E-state index contributed by atoms with van der Waals surface area (Å²) in [5, 5.41) is 9.40. The number of carbonyl (C=O) groups excluding carboxylic acids is 2. The van der Waals surface area contributed by atoms with Crippen LogP contribution in [0.5, 0.6) is 0 Å². The van der Waals surface area contributed by atoms with Crippen LogP contribution in [0, 0.1) is 17.8 Å². The van der Waals surface area contributed by atoms with Gasteiger partial charge in [-0.15, -0.1) is 0 Å². The summed E-state index contributed by atoms with van der Waals surface area (Å²) < 4.78 is 0. The van der Waals surface area contributed by atoms with E-state index < -0.39 is 11.9 Å². The van der Waals surface area contributed by atoms with Crippen molar-refractivity contribution in [2.24, 2.45) is 23.5 Å². The van der Waals surface area contributed by atoms with Crippen LogP contribution in [0.3, 0.4) is 0 Å². The van der Waals surface area contributed by atoms with E-state index in [0.29, 0.717) is 19.5 Å². The number of amides is 2. The molecular weight excluding hydrogens is 272 g/mol. The van der Waals surface area contributed by atoms with Crippen molar-refractivity contribution in [2.75, 3.05) is 13.1 Å². The van der Waals surface area contributed by atoms with Gasteiger partial charge in [0.05, 0.1) is 0 Å². The van der Waals surface area contributed by atoms with Gasteiger partial charge in [0.2, 0.25) is 11.8 Å².